The van der Waals surface area contributed by atoms with Gasteiger partial charge in [0.15, 0.2) is 12.0 Å². The monoisotopic (exact) mass is 311 g/mol. The van der Waals surface area contributed by atoms with Crippen LogP contribution in [0.2, 0.25) is 0 Å². The molecule has 4 heteroatoms. The van der Waals surface area contributed by atoms with Crippen LogP contribution in [0.15, 0.2) is 40.8 Å². The molecule has 0 bridgehead atoms. The fourth-order valence-corrected chi connectivity index (χ4v) is 3.07. The molecule has 0 aliphatic heterocycles. The van der Waals surface area contributed by atoms with Crippen LogP contribution in [0.1, 0.15) is 48.2 Å². The second-order valence-electron chi connectivity index (χ2n) is 6.10. The number of aldehydes is 1. The predicted molar refractivity (Wildman–Crippen MR) is 88.3 cm³/mol. The number of rotatable bonds is 5. The zero-order valence-electron chi connectivity index (χ0n) is 13.1. The van der Waals surface area contributed by atoms with Crippen LogP contribution in [0.4, 0.5) is 0 Å². The Bertz CT molecular complexity index is 666. The summed E-state index contributed by atoms with van der Waals surface area (Å²) in [5, 5.41) is 3.13. The summed E-state index contributed by atoms with van der Waals surface area (Å²) >= 11 is 0. The summed E-state index contributed by atoms with van der Waals surface area (Å²) < 4.78 is 5.39. The zero-order chi connectivity index (χ0) is 16.1. The van der Waals surface area contributed by atoms with Gasteiger partial charge in [0.2, 0.25) is 5.91 Å². The van der Waals surface area contributed by atoms with E-state index in [-0.39, 0.29) is 5.91 Å². The van der Waals surface area contributed by atoms with Gasteiger partial charge in [-0.05, 0) is 30.5 Å². The molecule has 2 aromatic rings. The first kappa shape index (κ1) is 15.5. The molecule has 1 aromatic carbocycles. The molecule has 0 unspecified atom stereocenters. The molecule has 1 aliphatic rings. The lowest BCUT2D eigenvalue weighted by atomic mass is 9.95. The maximum atomic E-state index is 12.1. The first-order valence-electron chi connectivity index (χ1n) is 8.18. The lowest BCUT2D eigenvalue weighted by molar-refractivity contribution is -0.121. The van der Waals surface area contributed by atoms with Gasteiger partial charge in [0.05, 0.1) is 6.42 Å². The lowest BCUT2D eigenvalue weighted by Gasteiger charge is -2.22. The fourth-order valence-electron chi connectivity index (χ4n) is 3.07. The summed E-state index contributed by atoms with van der Waals surface area (Å²) in [5.41, 5.74) is 1.87. The molecule has 23 heavy (non-hydrogen) atoms. The third kappa shape index (κ3) is 4.09. The van der Waals surface area contributed by atoms with Crippen LogP contribution in [-0.2, 0) is 11.2 Å². The zero-order valence-corrected chi connectivity index (χ0v) is 13.1. The first-order chi connectivity index (χ1) is 11.2. The van der Waals surface area contributed by atoms with E-state index in [1.165, 1.54) is 19.3 Å². The molecule has 0 spiro atoms. The molecule has 1 N–H and O–H groups in total. The van der Waals surface area contributed by atoms with Gasteiger partial charge in [-0.15, -0.1) is 0 Å². The Labute approximate surface area is 135 Å². The van der Waals surface area contributed by atoms with E-state index in [0.717, 1.165) is 24.0 Å². The average molecular weight is 311 g/mol. The van der Waals surface area contributed by atoms with Gasteiger partial charge in [-0.2, -0.15) is 0 Å². The SMILES string of the molecule is O=Cc1ccc(-c2ccc(CC(=O)NC3CCCCC3)cc2)o1. The van der Waals surface area contributed by atoms with Crippen LogP contribution in [0.5, 0.6) is 0 Å². The van der Waals surface area contributed by atoms with E-state index in [2.05, 4.69) is 5.32 Å². The van der Waals surface area contributed by atoms with Crippen molar-refractivity contribution in [3.63, 3.8) is 0 Å². The number of carbonyl (C=O) groups is 2. The van der Waals surface area contributed by atoms with E-state index in [1.807, 2.05) is 24.3 Å². The molecule has 120 valence electrons. The normalized spacial score (nSPS) is 15.3. The summed E-state index contributed by atoms with van der Waals surface area (Å²) in [7, 11) is 0. The second kappa shape index (κ2) is 7.27. The van der Waals surface area contributed by atoms with Gasteiger partial charge in [0.25, 0.3) is 0 Å². The molecule has 1 aromatic heterocycles. The van der Waals surface area contributed by atoms with E-state index >= 15 is 0 Å². The molecule has 0 radical (unpaired) electrons. The molecule has 1 heterocycles. The van der Waals surface area contributed by atoms with E-state index in [4.69, 9.17) is 4.42 Å². The number of carbonyl (C=O) groups excluding carboxylic acids is 2. The third-order valence-corrected chi connectivity index (χ3v) is 4.32. The van der Waals surface area contributed by atoms with Crippen molar-refractivity contribution in [2.75, 3.05) is 0 Å². The predicted octanol–water partition coefficient (Wildman–Crippen LogP) is 3.75. The molecular formula is C19H21NO3. The Morgan fingerprint density at radius 2 is 1.83 bits per heavy atom. The highest BCUT2D eigenvalue weighted by atomic mass is 16.3. The highest BCUT2D eigenvalue weighted by Crippen LogP contribution is 2.22. The van der Waals surface area contributed by atoms with Gasteiger partial charge in [-0.1, -0.05) is 43.5 Å². The Hall–Kier alpha value is -2.36. The van der Waals surface area contributed by atoms with Crippen LogP contribution >= 0.6 is 0 Å². The average Bonchev–Trinajstić information content (AvgIpc) is 3.05. The maximum absolute atomic E-state index is 12.1. The quantitative estimate of drug-likeness (QED) is 0.856. The highest BCUT2D eigenvalue weighted by molar-refractivity contribution is 5.79. The van der Waals surface area contributed by atoms with E-state index < -0.39 is 0 Å². The number of furan rings is 1. The number of hydrogen-bond acceptors (Lipinski definition) is 3. The van der Waals surface area contributed by atoms with Gasteiger partial charge in [-0.25, -0.2) is 0 Å². The number of benzene rings is 1. The molecule has 4 nitrogen and oxygen atoms in total. The largest absolute Gasteiger partial charge is 0.453 e. The van der Waals surface area contributed by atoms with Gasteiger partial charge in [-0.3, -0.25) is 9.59 Å². The van der Waals surface area contributed by atoms with Crippen molar-refractivity contribution < 1.29 is 14.0 Å². The molecule has 3 rings (SSSR count). The molecule has 1 saturated carbocycles. The topological polar surface area (TPSA) is 59.3 Å². The molecule has 1 aliphatic carbocycles. The van der Waals surface area contributed by atoms with Gasteiger partial charge in [0.1, 0.15) is 5.76 Å². The smallest absolute Gasteiger partial charge is 0.224 e. The first-order valence-corrected chi connectivity index (χ1v) is 8.18. The van der Waals surface area contributed by atoms with E-state index in [0.29, 0.717) is 30.3 Å². The molecule has 0 atom stereocenters. The summed E-state index contributed by atoms with van der Waals surface area (Å²) in [5.74, 6) is 1.06. The fraction of sp³-hybridized carbons (Fsp3) is 0.368. The number of hydrogen-bond donors (Lipinski definition) is 1. The minimum Gasteiger partial charge on any atom is -0.453 e. The van der Waals surface area contributed by atoms with E-state index in [1.54, 1.807) is 12.1 Å². The van der Waals surface area contributed by atoms with Crippen molar-refractivity contribution in [1.29, 1.82) is 0 Å². The molecular weight excluding hydrogens is 290 g/mol. The van der Waals surface area contributed by atoms with Gasteiger partial charge in [0, 0.05) is 11.6 Å². The third-order valence-electron chi connectivity index (χ3n) is 4.32. The van der Waals surface area contributed by atoms with Crippen molar-refractivity contribution in [3.8, 4) is 11.3 Å². The summed E-state index contributed by atoms with van der Waals surface area (Å²) in [4.78, 5) is 22.8. The number of amides is 1. The van der Waals surface area contributed by atoms with Crippen molar-refractivity contribution >= 4 is 12.2 Å². The number of nitrogens with one attached hydrogen (secondary N) is 1. The van der Waals surface area contributed by atoms with Crippen molar-refractivity contribution in [2.45, 2.75) is 44.6 Å². The minimum atomic E-state index is 0.0888. The Kier molecular flexibility index (Phi) is 4.91. The van der Waals surface area contributed by atoms with Crippen molar-refractivity contribution in [1.82, 2.24) is 5.32 Å². The van der Waals surface area contributed by atoms with Crippen molar-refractivity contribution in [2.24, 2.45) is 0 Å². The lowest BCUT2D eigenvalue weighted by Crippen LogP contribution is -2.37. The highest BCUT2D eigenvalue weighted by Gasteiger charge is 2.15. The Balaban J connectivity index is 1.58. The van der Waals surface area contributed by atoms with Crippen LogP contribution in [0.25, 0.3) is 11.3 Å². The van der Waals surface area contributed by atoms with Crippen molar-refractivity contribution in [3.05, 3.63) is 47.7 Å². The van der Waals surface area contributed by atoms with Crippen LogP contribution in [0, 0.1) is 0 Å². The standard InChI is InChI=1S/C19H21NO3/c21-13-17-10-11-18(23-17)15-8-6-14(7-9-15)12-19(22)20-16-4-2-1-3-5-16/h6-11,13,16H,1-5,12H2,(H,20,22). The summed E-state index contributed by atoms with van der Waals surface area (Å²) in [6.07, 6.45) is 7.00. The van der Waals surface area contributed by atoms with Gasteiger partial charge < -0.3 is 9.73 Å². The Morgan fingerprint density at radius 1 is 1.09 bits per heavy atom. The van der Waals surface area contributed by atoms with Crippen LogP contribution < -0.4 is 5.32 Å². The van der Waals surface area contributed by atoms with Crippen LogP contribution in [-0.4, -0.2) is 18.2 Å². The minimum absolute atomic E-state index is 0.0888. The van der Waals surface area contributed by atoms with Crippen LogP contribution in [0.3, 0.4) is 0 Å². The molecule has 1 amide bonds. The van der Waals surface area contributed by atoms with E-state index in [9.17, 15) is 9.59 Å². The molecule has 0 saturated heterocycles. The van der Waals surface area contributed by atoms with Gasteiger partial charge >= 0.3 is 0 Å². The second-order valence-corrected chi connectivity index (χ2v) is 6.10. The molecule has 1 fully saturated rings. The summed E-state index contributed by atoms with van der Waals surface area (Å²) in [6, 6.07) is 11.5. The maximum Gasteiger partial charge on any atom is 0.224 e. The Morgan fingerprint density at radius 3 is 2.48 bits per heavy atom. The summed E-state index contributed by atoms with van der Waals surface area (Å²) in [6.45, 7) is 0.